The molecule has 1 N–H and O–H groups in total. The first-order chi connectivity index (χ1) is 20.4. The molecular formula is C29H25N3O11. The molecule has 0 saturated carbocycles. The van der Waals surface area contributed by atoms with E-state index in [2.05, 4.69) is 5.32 Å². The summed E-state index contributed by atoms with van der Waals surface area (Å²) >= 11 is 0. The zero-order chi connectivity index (χ0) is 31.5. The van der Waals surface area contributed by atoms with Crippen molar-refractivity contribution in [3.8, 4) is 0 Å². The van der Waals surface area contributed by atoms with Crippen LogP contribution in [0, 0.1) is 27.2 Å². The largest absolute Gasteiger partial charge is 0.457 e. The molecule has 43 heavy (non-hydrogen) atoms. The van der Waals surface area contributed by atoms with Crippen LogP contribution >= 0.6 is 0 Å². The van der Waals surface area contributed by atoms with Gasteiger partial charge in [0.1, 0.15) is 0 Å². The third-order valence-electron chi connectivity index (χ3n) is 5.99. The zero-order valence-corrected chi connectivity index (χ0v) is 22.8. The highest BCUT2D eigenvalue weighted by molar-refractivity contribution is 6.00. The van der Waals surface area contributed by atoms with Gasteiger partial charge in [0.25, 0.3) is 11.4 Å². The molecule has 0 spiro atoms. The number of nitrogens with one attached hydrogen (secondary N) is 1. The fourth-order valence-electron chi connectivity index (χ4n) is 3.68. The summed E-state index contributed by atoms with van der Waals surface area (Å²) in [5.74, 6) is -3.16. The van der Waals surface area contributed by atoms with Gasteiger partial charge in [-0.1, -0.05) is 24.3 Å². The number of Topliss-reactive ketones (excluding diaryl/α,β-unsaturated/α-hetero) is 2. The molecule has 0 aliphatic carbocycles. The zero-order valence-electron chi connectivity index (χ0n) is 22.8. The SMILES string of the molecule is Cc1ccc(C(=O)COC(=O)CCCC(=O)Nc2ccc(C(=O)OCC(=O)c3cccc([N+](=O)[O-])c3)cc2)cc1[N+](=O)[O-]. The number of non-ortho nitro benzene ring substituents is 1. The van der Waals surface area contributed by atoms with Crippen molar-refractivity contribution < 1.29 is 43.3 Å². The first-order valence-electron chi connectivity index (χ1n) is 12.7. The molecule has 0 radical (unpaired) electrons. The summed E-state index contributed by atoms with van der Waals surface area (Å²) in [4.78, 5) is 81.5. The Morgan fingerprint density at radius 2 is 1.37 bits per heavy atom. The number of hydrogen-bond acceptors (Lipinski definition) is 11. The van der Waals surface area contributed by atoms with Crippen LogP contribution in [0.25, 0.3) is 0 Å². The minimum atomic E-state index is -0.811. The van der Waals surface area contributed by atoms with Crippen molar-refractivity contribution in [3.05, 3.63) is 109 Å². The highest BCUT2D eigenvalue weighted by Gasteiger charge is 2.17. The number of nitro groups is 2. The summed E-state index contributed by atoms with van der Waals surface area (Å²) in [7, 11) is 0. The molecule has 222 valence electrons. The number of nitro benzene ring substituents is 2. The topological polar surface area (TPSA) is 202 Å². The Bertz CT molecular complexity index is 1580. The second-order valence-corrected chi connectivity index (χ2v) is 9.13. The number of nitrogens with zero attached hydrogens (tertiary/aromatic N) is 2. The van der Waals surface area contributed by atoms with Gasteiger partial charge in [-0.05, 0) is 37.6 Å². The molecule has 14 nitrogen and oxygen atoms in total. The van der Waals surface area contributed by atoms with E-state index in [9.17, 15) is 44.2 Å². The minimum absolute atomic E-state index is 0.0253. The van der Waals surface area contributed by atoms with Gasteiger partial charge in [-0.15, -0.1) is 0 Å². The first kappa shape index (κ1) is 31.7. The number of anilines is 1. The van der Waals surface area contributed by atoms with Crippen LogP contribution in [0.5, 0.6) is 0 Å². The van der Waals surface area contributed by atoms with Crippen LogP contribution in [0.1, 0.15) is 55.9 Å². The van der Waals surface area contributed by atoms with Gasteiger partial charge < -0.3 is 14.8 Å². The summed E-state index contributed by atoms with van der Waals surface area (Å²) in [6.45, 7) is 0.320. The summed E-state index contributed by atoms with van der Waals surface area (Å²) in [6, 6.07) is 14.6. The second kappa shape index (κ2) is 14.7. The molecule has 3 aromatic carbocycles. The summed E-state index contributed by atoms with van der Waals surface area (Å²) in [6.07, 6.45) is -0.0663. The van der Waals surface area contributed by atoms with Crippen molar-refractivity contribution >= 4 is 46.5 Å². The van der Waals surface area contributed by atoms with Crippen LogP contribution in [-0.4, -0.2) is 52.5 Å². The van der Waals surface area contributed by atoms with E-state index in [1.165, 1.54) is 61.5 Å². The van der Waals surface area contributed by atoms with Crippen LogP contribution in [0.3, 0.4) is 0 Å². The van der Waals surface area contributed by atoms with E-state index in [-0.39, 0.29) is 47.3 Å². The third kappa shape index (κ3) is 9.38. The monoisotopic (exact) mass is 591 g/mol. The predicted octanol–water partition coefficient (Wildman–Crippen LogP) is 4.39. The quantitative estimate of drug-likeness (QED) is 0.121. The van der Waals surface area contributed by atoms with E-state index in [4.69, 9.17) is 9.47 Å². The number of ketones is 2. The number of carbonyl (C=O) groups excluding carboxylic acids is 5. The van der Waals surface area contributed by atoms with Crippen molar-refractivity contribution in [2.45, 2.75) is 26.2 Å². The van der Waals surface area contributed by atoms with E-state index < -0.39 is 52.5 Å². The van der Waals surface area contributed by atoms with E-state index in [0.717, 1.165) is 12.1 Å². The van der Waals surface area contributed by atoms with Crippen LogP contribution in [-0.2, 0) is 19.1 Å². The number of rotatable bonds is 14. The molecule has 3 aromatic rings. The normalized spacial score (nSPS) is 10.3. The number of hydrogen-bond donors (Lipinski definition) is 1. The summed E-state index contributed by atoms with van der Waals surface area (Å²) < 4.78 is 9.90. The minimum Gasteiger partial charge on any atom is -0.457 e. The van der Waals surface area contributed by atoms with Gasteiger partial charge in [-0.25, -0.2) is 4.79 Å². The smallest absolute Gasteiger partial charge is 0.338 e. The molecule has 0 aliphatic heterocycles. The lowest BCUT2D eigenvalue weighted by Crippen LogP contribution is -2.16. The maximum atomic E-state index is 12.3. The Kier molecular flexibility index (Phi) is 10.9. The lowest BCUT2D eigenvalue weighted by Gasteiger charge is -2.08. The highest BCUT2D eigenvalue weighted by Crippen LogP contribution is 2.20. The molecule has 0 saturated heterocycles. The Hall–Kier alpha value is -5.79. The predicted molar refractivity (Wildman–Crippen MR) is 150 cm³/mol. The van der Waals surface area contributed by atoms with Crippen molar-refractivity contribution in [3.63, 3.8) is 0 Å². The van der Waals surface area contributed by atoms with Crippen LogP contribution < -0.4 is 5.32 Å². The standard InChI is InChI=1S/C29H25N3O11/c1-18-8-9-21(15-24(18)32(40)41)25(33)16-42-28(36)7-3-6-27(35)30-22-12-10-19(11-13-22)29(37)43-17-26(34)20-4-2-5-23(14-20)31(38)39/h2,4-5,8-15H,3,6-7,16-17H2,1H3,(H,30,35). The van der Waals surface area contributed by atoms with Crippen molar-refractivity contribution in [2.24, 2.45) is 0 Å². The molecule has 1 amide bonds. The molecule has 0 aromatic heterocycles. The van der Waals surface area contributed by atoms with E-state index in [1.54, 1.807) is 0 Å². The van der Waals surface area contributed by atoms with Crippen molar-refractivity contribution in [1.29, 1.82) is 0 Å². The highest BCUT2D eigenvalue weighted by atomic mass is 16.6. The molecule has 0 unspecified atom stereocenters. The number of ether oxygens (including phenoxy) is 2. The third-order valence-corrected chi connectivity index (χ3v) is 5.99. The first-order valence-corrected chi connectivity index (χ1v) is 12.7. The van der Waals surface area contributed by atoms with Crippen LogP contribution in [0.15, 0.2) is 66.7 Å². The maximum Gasteiger partial charge on any atom is 0.338 e. The average Bonchev–Trinajstić information content (AvgIpc) is 2.99. The van der Waals surface area contributed by atoms with Gasteiger partial charge >= 0.3 is 11.9 Å². The number of esters is 2. The number of carbonyl (C=O) groups is 5. The Balaban J connectivity index is 1.38. The lowest BCUT2D eigenvalue weighted by atomic mass is 10.1. The second-order valence-electron chi connectivity index (χ2n) is 9.13. The molecule has 0 bridgehead atoms. The van der Waals surface area contributed by atoms with E-state index in [1.807, 2.05) is 0 Å². The van der Waals surface area contributed by atoms with Gasteiger partial charge in [0, 0.05) is 53.4 Å². The lowest BCUT2D eigenvalue weighted by molar-refractivity contribution is -0.385. The van der Waals surface area contributed by atoms with Crippen molar-refractivity contribution in [1.82, 2.24) is 0 Å². The molecular weight excluding hydrogens is 566 g/mol. The molecule has 0 fully saturated rings. The van der Waals surface area contributed by atoms with Crippen LogP contribution in [0.4, 0.5) is 17.1 Å². The Labute approximate surface area is 243 Å². The van der Waals surface area contributed by atoms with Gasteiger partial charge in [0.15, 0.2) is 13.2 Å². The average molecular weight is 592 g/mol. The summed E-state index contributed by atoms with van der Waals surface area (Å²) in [5.41, 5.74) is 0.425. The maximum absolute atomic E-state index is 12.3. The van der Waals surface area contributed by atoms with E-state index in [0.29, 0.717) is 11.3 Å². The fourth-order valence-corrected chi connectivity index (χ4v) is 3.68. The molecule has 3 rings (SSSR count). The fraction of sp³-hybridized carbons (Fsp3) is 0.207. The Morgan fingerprint density at radius 3 is 2.02 bits per heavy atom. The number of aryl methyl sites for hydroxylation is 1. The van der Waals surface area contributed by atoms with Gasteiger partial charge in [0.05, 0.1) is 15.4 Å². The van der Waals surface area contributed by atoms with Crippen LogP contribution in [0.2, 0.25) is 0 Å². The molecule has 0 atom stereocenters. The molecule has 0 aliphatic rings. The Morgan fingerprint density at radius 1 is 0.744 bits per heavy atom. The van der Waals surface area contributed by atoms with Gasteiger partial charge in [0.2, 0.25) is 17.5 Å². The molecule has 0 heterocycles. The number of benzene rings is 3. The number of amides is 1. The molecule has 14 heteroatoms. The van der Waals surface area contributed by atoms with E-state index >= 15 is 0 Å². The van der Waals surface area contributed by atoms with Gasteiger partial charge in [-0.2, -0.15) is 0 Å². The van der Waals surface area contributed by atoms with Gasteiger partial charge in [-0.3, -0.25) is 39.4 Å². The van der Waals surface area contributed by atoms with Crippen molar-refractivity contribution in [2.75, 3.05) is 18.5 Å². The summed E-state index contributed by atoms with van der Waals surface area (Å²) in [5, 5.41) is 24.5.